The number of thiazole rings is 1. The van der Waals surface area contributed by atoms with Crippen LogP contribution in [0.5, 0.6) is 0 Å². The van der Waals surface area contributed by atoms with E-state index in [1.807, 2.05) is 60.7 Å². The predicted molar refractivity (Wildman–Crippen MR) is 132 cm³/mol. The van der Waals surface area contributed by atoms with E-state index in [0.717, 1.165) is 26.7 Å². The van der Waals surface area contributed by atoms with Gasteiger partial charge in [0.1, 0.15) is 0 Å². The number of pyridine rings is 1. The first-order chi connectivity index (χ1) is 15.6. The minimum atomic E-state index is -0.0717. The molecule has 0 radical (unpaired) electrons. The summed E-state index contributed by atoms with van der Waals surface area (Å²) in [6.45, 7) is 4.70. The summed E-state index contributed by atoms with van der Waals surface area (Å²) >= 11 is 1.55. The standard InChI is InChI=1S/C27H23N3OS/c1-18(2)21-13-8-15-24-25(21)29-27(32-24)30(17-20-11-5-6-16-28-20)26(31)23-14-7-10-19-9-3-4-12-22(19)23/h3-16,18H,17H2,1-2H3. The van der Waals surface area contributed by atoms with Gasteiger partial charge in [0.2, 0.25) is 0 Å². The van der Waals surface area contributed by atoms with Crippen LogP contribution in [0, 0.1) is 0 Å². The highest BCUT2D eigenvalue weighted by molar-refractivity contribution is 7.22. The van der Waals surface area contributed by atoms with Crippen LogP contribution in [0.25, 0.3) is 21.0 Å². The first-order valence-corrected chi connectivity index (χ1v) is 11.5. The van der Waals surface area contributed by atoms with E-state index in [1.165, 1.54) is 5.56 Å². The van der Waals surface area contributed by atoms with Gasteiger partial charge in [-0.05, 0) is 46.5 Å². The van der Waals surface area contributed by atoms with Gasteiger partial charge in [-0.3, -0.25) is 14.7 Å². The minimum Gasteiger partial charge on any atom is -0.278 e. The van der Waals surface area contributed by atoms with E-state index in [0.29, 0.717) is 23.2 Å². The van der Waals surface area contributed by atoms with Gasteiger partial charge in [0.25, 0.3) is 5.91 Å². The molecule has 5 rings (SSSR count). The Balaban J connectivity index is 1.65. The van der Waals surface area contributed by atoms with Gasteiger partial charge in [-0.15, -0.1) is 0 Å². The summed E-state index contributed by atoms with van der Waals surface area (Å²) in [4.78, 5) is 25.1. The molecule has 3 aromatic carbocycles. The van der Waals surface area contributed by atoms with Crippen LogP contribution in [0.15, 0.2) is 85.1 Å². The summed E-state index contributed by atoms with van der Waals surface area (Å²) in [6.07, 6.45) is 1.76. The van der Waals surface area contributed by atoms with Crippen LogP contribution >= 0.6 is 11.3 Å². The second kappa shape index (κ2) is 8.52. The van der Waals surface area contributed by atoms with E-state index in [-0.39, 0.29) is 5.91 Å². The zero-order valence-corrected chi connectivity index (χ0v) is 18.8. The third-order valence-electron chi connectivity index (χ3n) is 5.60. The molecule has 0 aliphatic heterocycles. The third kappa shape index (κ3) is 3.76. The fourth-order valence-electron chi connectivity index (χ4n) is 3.98. The van der Waals surface area contributed by atoms with Crippen molar-refractivity contribution in [2.45, 2.75) is 26.3 Å². The summed E-state index contributed by atoms with van der Waals surface area (Å²) < 4.78 is 1.09. The van der Waals surface area contributed by atoms with Crippen molar-refractivity contribution in [3.8, 4) is 0 Å². The molecule has 0 aliphatic rings. The molecule has 1 amide bonds. The number of para-hydroxylation sites is 1. The van der Waals surface area contributed by atoms with Gasteiger partial charge in [-0.2, -0.15) is 0 Å². The second-order valence-corrected chi connectivity index (χ2v) is 9.09. The van der Waals surface area contributed by atoms with Gasteiger partial charge < -0.3 is 0 Å². The van der Waals surface area contributed by atoms with Gasteiger partial charge in [-0.25, -0.2) is 4.98 Å². The lowest BCUT2D eigenvalue weighted by Gasteiger charge is -2.20. The lowest BCUT2D eigenvalue weighted by atomic mass is 10.0. The largest absolute Gasteiger partial charge is 0.278 e. The highest BCUT2D eigenvalue weighted by Crippen LogP contribution is 2.35. The Morgan fingerprint density at radius 1 is 0.938 bits per heavy atom. The number of amides is 1. The third-order valence-corrected chi connectivity index (χ3v) is 6.65. The minimum absolute atomic E-state index is 0.0717. The van der Waals surface area contributed by atoms with Crippen molar-refractivity contribution < 1.29 is 4.79 Å². The zero-order valence-electron chi connectivity index (χ0n) is 18.0. The molecule has 4 nitrogen and oxygen atoms in total. The maximum atomic E-state index is 13.9. The van der Waals surface area contributed by atoms with E-state index >= 15 is 0 Å². The number of carbonyl (C=O) groups is 1. The van der Waals surface area contributed by atoms with Crippen molar-refractivity contribution in [3.05, 3.63) is 102 Å². The average molecular weight is 438 g/mol. The van der Waals surface area contributed by atoms with Crippen molar-refractivity contribution >= 4 is 43.4 Å². The number of carbonyl (C=O) groups excluding carboxylic acids is 1. The van der Waals surface area contributed by atoms with Gasteiger partial charge in [0.15, 0.2) is 5.13 Å². The van der Waals surface area contributed by atoms with E-state index in [2.05, 4.69) is 37.0 Å². The highest BCUT2D eigenvalue weighted by Gasteiger charge is 2.24. The summed E-state index contributed by atoms with van der Waals surface area (Å²) in [5.41, 5.74) is 3.66. The molecule has 2 aromatic heterocycles. The van der Waals surface area contributed by atoms with Crippen LogP contribution < -0.4 is 4.90 Å². The molecule has 2 heterocycles. The molecular weight excluding hydrogens is 414 g/mol. The fraction of sp³-hybridized carbons (Fsp3) is 0.148. The lowest BCUT2D eigenvalue weighted by Crippen LogP contribution is -2.30. The van der Waals surface area contributed by atoms with E-state index < -0.39 is 0 Å². The topological polar surface area (TPSA) is 46.1 Å². The van der Waals surface area contributed by atoms with Crippen LogP contribution in [0.3, 0.4) is 0 Å². The number of benzene rings is 3. The number of rotatable bonds is 5. The predicted octanol–water partition coefficient (Wildman–Crippen LogP) is 6.81. The van der Waals surface area contributed by atoms with Gasteiger partial charge in [0, 0.05) is 11.8 Å². The molecule has 158 valence electrons. The molecule has 0 bridgehead atoms. The molecule has 0 aliphatic carbocycles. The smallest absolute Gasteiger partial charge is 0.261 e. The molecule has 32 heavy (non-hydrogen) atoms. The molecule has 0 saturated carbocycles. The molecule has 5 aromatic rings. The van der Waals surface area contributed by atoms with Crippen molar-refractivity contribution in [2.75, 3.05) is 4.90 Å². The zero-order chi connectivity index (χ0) is 22.1. The first kappa shape index (κ1) is 20.3. The molecular formula is C27H23N3OS. The Hall–Kier alpha value is -3.57. The first-order valence-electron chi connectivity index (χ1n) is 10.7. The number of anilines is 1. The van der Waals surface area contributed by atoms with Crippen LogP contribution in [0.2, 0.25) is 0 Å². The summed E-state index contributed by atoms with van der Waals surface area (Å²) in [5, 5.41) is 2.68. The van der Waals surface area contributed by atoms with Crippen LogP contribution in [-0.4, -0.2) is 15.9 Å². The Morgan fingerprint density at radius 3 is 2.53 bits per heavy atom. The average Bonchev–Trinajstić information content (AvgIpc) is 3.26. The molecule has 0 saturated heterocycles. The SMILES string of the molecule is CC(C)c1cccc2sc(N(Cc3ccccn3)C(=O)c3cccc4ccccc34)nc12. The van der Waals surface area contributed by atoms with Crippen molar-refractivity contribution in [2.24, 2.45) is 0 Å². The van der Waals surface area contributed by atoms with Crippen LogP contribution in [0.1, 0.15) is 41.4 Å². The van der Waals surface area contributed by atoms with Crippen LogP contribution in [-0.2, 0) is 6.54 Å². The van der Waals surface area contributed by atoms with Crippen molar-refractivity contribution in [1.82, 2.24) is 9.97 Å². The normalized spacial score (nSPS) is 11.3. The monoisotopic (exact) mass is 437 g/mol. The second-order valence-electron chi connectivity index (χ2n) is 8.08. The molecule has 0 fully saturated rings. The summed E-state index contributed by atoms with van der Waals surface area (Å²) in [6, 6.07) is 25.9. The number of fused-ring (bicyclic) bond motifs is 2. The molecule has 0 unspecified atom stereocenters. The van der Waals surface area contributed by atoms with Gasteiger partial charge in [-0.1, -0.05) is 79.8 Å². The van der Waals surface area contributed by atoms with E-state index in [4.69, 9.17) is 4.98 Å². The molecule has 5 heteroatoms. The maximum Gasteiger partial charge on any atom is 0.261 e. The van der Waals surface area contributed by atoms with Gasteiger partial charge >= 0.3 is 0 Å². The highest BCUT2D eigenvalue weighted by atomic mass is 32.1. The molecule has 0 N–H and O–H groups in total. The lowest BCUT2D eigenvalue weighted by molar-refractivity contribution is 0.0986. The number of aromatic nitrogens is 2. The molecule has 0 atom stereocenters. The number of hydrogen-bond acceptors (Lipinski definition) is 4. The number of nitrogens with zero attached hydrogens (tertiary/aromatic N) is 3. The Bertz CT molecular complexity index is 1400. The Labute approximate surface area is 191 Å². The fourth-order valence-corrected chi connectivity index (χ4v) is 4.97. The quantitative estimate of drug-likeness (QED) is 0.303. The van der Waals surface area contributed by atoms with Gasteiger partial charge in [0.05, 0.1) is 22.5 Å². The van der Waals surface area contributed by atoms with Crippen molar-refractivity contribution in [3.63, 3.8) is 0 Å². The Kier molecular flexibility index (Phi) is 5.41. The maximum absolute atomic E-state index is 13.9. The van der Waals surface area contributed by atoms with E-state index in [1.54, 1.807) is 22.4 Å². The van der Waals surface area contributed by atoms with E-state index in [9.17, 15) is 4.79 Å². The Morgan fingerprint density at radius 2 is 1.72 bits per heavy atom. The summed E-state index contributed by atoms with van der Waals surface area (Å²) in [5.74, 6) is 0.282. The van der Waals surface area contributed by atoms with Crippen molar-refractivity contribution in [1.29, 1.82) is 0 Å². The summed E-state index contributed by atoms with van der Waals surface area (Å²) in [7, 11) is 0. The molecule has 0 spiro atoms. The number of hydrogen-bond donors (Lipinski definition) is 0. The van der Waals surface area contributed by atoms with Crippen LogP contribution in [0.4, 0.5) is 5.13 Å².